The standard InChI is InChI=1S/C16H19NO2/c1-17-11-13-9-15(18-2)16(19-3)10-14(13)12-7-5-4-6-8-12/h4-10,17H,11H2,1-3H3. The number of hydrogen-bond donors (Lipinski definition) is 1. The van der Waals surface area contributed by atoms with E-state index in [1.165, 1.54) is 11.1 Å². The molecule has 0 aliphatic rings. The quantitative estimate of drug-likeness (QED) is 0.893. The van der Waals surface area contributed by atoms with Crippen LogP contribution in [0.1, 0.15) is 5.56 Å². The average Bonchev–Trinajstić information content (AvgIpc) is 2.48. The summed E-state index contributed by atoms with van der Waals surface area (Å²) in [5.41, 5.74) is 3.52. The van der Waals surface area contributed by atoms with Crippen LogP contribution in [0.3, 0.4) is 0 Å². The van der Waals surface area contributed by atoms with Crippen molar-refractivity contribution in [2.75, 3.05) is 21.3 Å². The van der Waals surface area contributed by atoms with Crippen molar-refractivity contribution in [1.82, 2.24) is 5.32 Å². The minimum absolute atomic E-state index is 0.751. The molecule has 2 rings (SSSR count). The van der Waals surface area contributed by atoms with Crippen LogP contribution in [0.4, 0.5) is 0 Å². The van der Waals surface area contributed by atoms with Crippen LogP contribution in [0, 0.1) is 0 Å². The molecular weight excluding hydrogens is 238 g/mol. The van der Waals surface area contributed by atoms with Crippen LogP contribution in [0.25, 0.3) is 11.1 Å². The van der Waals surface area contributed by atoms with Gasteiger partial charge in [-0.3, -0.25) is 0 Å². The maximum atomic E-state index is 5.39. The van der Waals surface area contributed by atoms with Crippen molar-refractivity contribution >= 4 is 0 Å². The van der Waals surface area contributed by atoms with Gasteiger partial charge >= 0.3 is 0 Å². The number of methoxy groups -OCH3 is 2. The molecule has 0 saturated carbocycles. The smallest absolute Gasteiger partial charge is 0.161 e. The van der Waals surface area contributed by atoms with Crippen LogP contribution >= 0.6 is 0 Å². The Kier molecular flexibility index (Phi) is 4.42. The fourth-order valence-corrected chi connectivity index (χ4v) is 2.14. The van der Waals surface area contributed by atoms with Crippen LogP contribution in [0.15, 0.2) is 42.5 Å². The van der Waals surface area contributed by atoms with Crippen LogP contribution in [0.2, 0.25) is 0 Å². The Balaban J connectivity index is 2.57. The van der Waals surface area contributed by atoms with Crippen molar-refractivity contribution < 1.29 is 9.47 Å². The van der Waals surface area contributed by atoms with Crippen LogP contribution in [0.5, 0.6) is 11.5 Å². The van der Waals surface area contributed by atoms with Crippen LogP contribution in [-0.4, -0.2) is 21.3 Å². The Morgan fingerprint density at radius 3 is 2.16 bits per heavy atom. The summed E-state index contributed by atoms with van der Waals surface area (Å²) in [6, 6.07) is 14.3. The molecule has 0 fully saturated rings. The molecule has 2 aromatic rings. The highest BCUT2D eigenvalue weighted by Gasteiger charge is 2.11. The molecule has 2 aromatic carbocycles. The van der Waals surface area contributed by atoms with E-state index in [9.17, 15) is 0 Å². The minimum atomic E-state index is 0.751. The number of nitrogens with one attached hydrogen (secondary N) is 1. The lowest BCUT2D eigenvalue weighted by Gasteiger charge is -2.15. The summed E-state index contributed by atoms with van der Waals surface area (Å²) < 4.78 is 10.7. The second-order valence-corrected chi connectivity index (χ2v) is 4.26. The topological polar surface area (TPSA) is 30.5 Å². The van der Waals surface area contributed by atoms with Crippen LogP contribution in [-0.2, 0) is 6.54 Å². The van der Waals surface area contributed by atoms with Gasteiger partial charge in [0.2, 0.25) is 0 Å². The van der Waals surface area contributed by atoms with E-state index in [1.807, 2.05) is 37.4 Å². The van der Waals surface area contributed by atoms with Gasteiger partial charge in [0.25, 0.3) is 0 Å². The van der Waals surface area contributed by atoms with Crippen molar-refractivity contribution in [3.05, 3.63) is 48.0 Å². The van der Waals surface area contributed by atoms with Gasteiger partial charge in [-0.15, -0.1) is 0 Å². The number of benzene rings is 2. The molecule has 0 saturated heterocycles. The van der Waals surface area contributed by atoms with Crippen molar-refractivity contribution in [2.24, 2.45) is 0 Å². The molecule has 100 valence electrons. The fourth-order valence-electron chi connectivity index (χ4n) is 2.14. The van der Waals surface area contributed by atoms with E-state index in [2.05, 4.69) is 17.4 Å². The molecule has 3 nitrogen and oxygen atoms in total. The predicted octanol–water partition coefficient (Wildman–Crippen LogP) is 3.09. The summed E-state index contributed by atoms with van der Waals surface area (Å²) in [6.45, 7) is 0.782. The third-order valence-corrected chi connectivity index (χ3v) is 3.06. The first-order valence-corrected chi connectivity index (χ1v) is 6.25. The van der Waals surface area contributed by atoms with Gasteiger partial charge in [0.1, 0.15) is 0 Å². The lowest BCUT2D eigenvalue weighted by atomic mass is 9.98. The summed E-state index contributed by atoms with van der Waals surface area (Å²) in [7, 11) is 5.25. The molecule has 0 aliphatic carbocycles. The zero-order valence-corrected chi connectivity index (χ0v) is 11.6. The lowest BCUT2D eigenvalue weighted by Crippen LogP contribution is -2.07. The molecule has 0 heterocycles. The zero-order chi connectivity index (χ0) is 13.7. The molecule has 0 radical (unpaired) electrons. The monoisotopic (exact) mass is 257 g/mol. The molecule has 0 aromatic heterocycles. The summed E-state index contributed by atoms with van der Waals surface area (Å²) >= 11 is 0. The van der Waals surface area contributed by atoms with Crippen molar-refractivity contribution in [1.29, 1.82) is 0 Å². The SMILES string of the molecule is CNCc1cc(OC)c(OC)cc1-c1ccccc1. The first kappa shape index (κ1) is 13.4. The Labute approximate surface area is 114 Å². The second kappa shape index (κ2) is 6.25. The Hall–Kier alpha value is -2.00. The lowest BCUT2D eigenvalue weighted by molar-refractivity contribution is 0.354. The Morgan fingerprint density at radius 2 is 1.58 bits per heavy atom. The Bertz CT molecular complexity index is 538. The maximum Gasteiger partial charge on any atom is 0.161 e. The molecule has 1 N–H and O–H groups in total. The van der Waals surface area contributed by atoms with E-state index < -0.39 is 0 Å². The van der Waals surface area contributed by atoms with Crippen molar-refractivity contribution in [2.45, 2.75) is 6.54 Å². The van der Waals surface area contributed by atoms with Gasteiger partial charge in [-0.25, -0.2) is 0 Å². The van der Waals surface area contributed by atoms with E-state index >= 15 is 0 Å². The molecule has 0 bridgehead atoms. The van der Waals surface area contributed by atoms with E-state index in [-0.39, 0.29) is 0 Å². The largest absolute Gasteiger partial charge is 0.493 e. The van der Waals surface area contributed by atoms with E-state index in [0.29, 0.717) is 0 Å². The van der Waals surface area contributed by atoms with E-state index in [0.717, 1.165) is 23.6 Å². The molecule has 0 spiro atoms. The summed E-state index contributed by atoms with van der Waals surface area (Å²) in [5.74, 6) is 1.51. The first-order chi connectivity index (χ1) is 9.30. The normalized spacial score (nSPS) is 10.3. The fraction of sp³-hybridized carbons (Fsp3) is 0.250. The van der Waals surface area contributed by atoms with Gasteiger partial charge in [-0.1, -0.05) is 30.3 Å². The summed E-state index contributed by atoms with van der Waals surface area (Å²) in [5, 5.41) is 3.19. The zero-order valence-electron chi connectivity index (χ0n) is 11.6. The maximum absolute atomic E-state index is 5.39. The first-order valence-electron chi connectivity index (χ1n) is 6.25. The van der Waals surface area contributed by atoms with Crippen LogP contribution < -0.4 is 14.8 Å². The van der Waals surface area contributed by atoms with Crippen molar-refractivity contribution in [3.63, 3.8) is 0 Å². The highest BCUT2D eigenvalue weighted by atomic mass is 16.5. The molecule has 0 unspecified atom stereocenters. The third kappa shape index (κ3) is 2.88. The second-order valence-electron chi connectivity index (χ2n) is 4.26. The number of hydrogen-bond acceptors (Lipinski definition) is 3. The van der Waals surface area contributed by atoms with Gasteiger partial charge in [-0.2, -0.15) is 0 Å². The van der Waals surface area contributed by atoms with Gasteiger partial charge in [0.05, 0.1) is 14.2 Å². The van der Waals surface area contributed by atoms with Gasteiger partial charge in [0.15, 0.2) is 11.5 Å². The number of ether oxygens (including phenoxy) is 2. The third-order valence-electron chi connectivity index (χ3n) is 3.06. The van der Waals surface area contributed by atoms with Gasteiger partial charge in [0, 0.05) is 6.54 Å². The van der Waals surface area contributed by atoms with E-state index in [1.54, 1.807) is 14.2 Å². The summed E-state index contributed by atoms with van der Waals surface area (Å²) in [6.07, 6.45) is 0. The molecule has 0 aliphatic heterocycles. The highest BCUT2D eigenvalue weighted by molar-refractivity contribution is 5.71. The number of rotatable bonds is 5. The molecule has 19 heavy (non-hydrogen) atoms. The van der Waals surface area contributed by atoms with Crippen molar-refractivity contribution in [3.8, 4) is 22.6 Å². The predicted molar refractivity (Wildman–Crippen MR) is 77.7 cm³/mol. The Morgan fingerprint density at radius 1 is 0.947 bits per heavy atom. The van der Waals surface area contributed by atoms with Gasteiger partial charge < -0.3 is 14.8 Å². The summed E-state index contributed by atoms with van der Waals surface area (Å²) in [4.78, 5) is 0. The molecule has 3 heteroatoms. The van der Waals surface area contributed by atoms with E-state index in [4.69, 9.17) is 9.47 Å². The molecule has 0 atom stereocenters. The molecular formula is C16H19NO2. The van der Waals surface area contributed by atoms with Gasteiger partial charge in [-0.05, 0) is 35.9 Å². The molecule has 0 amide bonds. The minimum Gasteiger partial charge on any atom is -0.493 e. The highest BCUT2D eigenvalue weighted by Crippen LogP contribution is 2.35. The average molecular weight is 257 g/mol.